The molecule has 4 aromatic rings. The number of hydrogen-bond donors (Lipinski definition) is 1. The summed E-state index contributed by atoms with van der Waals surface area (Å²) in [4.78, 5) is 22.5. The minimum atomic E-state index is -3.67. The van der Waals surface area contributed by atoms with Crippen LogP contribution in [0.4, 0.5) is 5.13 Å². The number of sulfonamides is 1. The molecule has 5 rings (SSSR count). The zero-order valence-electron chi connectivity index (χ0n) is 23.8. The number of aromatic nitrogens is 1. The largest absolute Gasteiger partial charge is 0.351 e. The Labute approximate surface area is 246 Å². The number of amides is 1. The first-order chi connectivity index (χ1) is 19.7. The molecular weight excluding hydrogens is 555 g/mol. The lowest BCUT2D eigenvalue weighted by Crippen LogP contribution is -2.48. The second-order valence-electron chi connectivity index (χ2n) is 10.5. The molecule has 1 aliphatic heterocycles. The van der Waals surface area contributed by atoms with Crippen molar-refractivity contribution in [2.24, 2.45) is 0 Å². The number of piperazine rings is 1. The highest BCUT2D eigenvalue weighted by molar-refractivity contribution is 7.89. The summed E-state index contributed by atoms with van der Waals surface area (Å²) in [5.74, 6) is -0.204. The Hall–Kier alpha value is -3.31. The molecule has 0 bridgehead atoms. The summed E-state index contributed by atoms with van der Waals surface area (Å²) in [7, 11) is -3.67. The van der Waals surface area contributed by atoms with Gasteiger partial charge in [-0.05, 0) is 60.9 Å². The number of rotatable bonds is 10. The SMILES string of the molecule is CCN(Cc1ccccc1)S(=O)(=O)c1ccc(C(=O)NCCN2CCN(c3nc4c(C)cc(C)cc4s3)CC2)cc1. The molecule has 0 unspecified atom stereocenters. The topological polar surface area (TPSA) is 85.8 Å². The summed E-state index contributed by atoms with van der Waals surface area (Å²) in [5, 5.41) is 4.06. The Bertz CT molecular complexity index is 1600. The van der Waals surface area contributed by atoms with Crippen molar-refractivity contribution in [3.63, 3.8) is 0 Å². The molecule has 0 aliphatic carbocycles. The molecular formula is C31H37N5O3S2. The molecule has 1 aromatic heterocycles. The van der Waals surface area contributed by atoms with E-state index in [-0.39, 0.29) is 10.8 Å². The molecule has 0 atom stereocenters. The second kappa shape index (κ2) is 12.7. The lowest BCUT2D eigenvalue weighted by Gasteiger charge is -2.34. The quantitative estimate of drug-likeness (QED) is 0.288. The van der Waals surface area contributed by atoms with Crippen molar-refractivity contribution in [1.29, 1.82) is 0 Å². The molecule has 41 heavy (non-hydrogen) atoms. The molecule has 8 nitrogen and oxygen atoms in total. The van der Waals surface area contributed by atoms with Crippen LogP contribution in [0.1, 0.15) is 34.0 Å². The molecule has 216 valence electrons. The third-order valence-corrected chi connectivity index (χ3v) is 10.5. The molecule has 1 saturated heterocycles. The van der Waals surface area contributed by atoms with Crippen LogP contribution in [0.3, 0.4) is 0 Å². The summed E-state index contributed by atoms with van der Waals surface area (Å²) in [5.41, 5.74) is 4.96. The highest BCUT2D eigenvalue weighted by atomic mass is 32.2. The Morgan fingerprint density at radius 3 is 2.39 bits per heavy atom. The van der Waals surface area contributed by atoms with E-state index in [0.717, 1.165) is 48.9 Å². The van der Waals surface area contributed by atoms with Gasteiger partial charge in [-0.25, -0.2) is 13.4 Å². The van der Waals surface area contributed by atoms with Crippen LogP contribution in [0.15, 0.2) is 71.6 Å². The summed E-state index contributed by atoms with van der Waals surface area (Å²) >= 11 is 1.76. The Balaban J connectivity index is 1.10. The van der Waals surface area contributed by atoms with E-state index < -0.39 is 10.0 Å². The zero-order chi connectivity index (χ0) is 29.0. The minimum absolute atomic E-state index is 0.183. The van der Waals surface area contributed by atoms with Crippen LogP contribution in [0.2, 0.25) is 0 Å². The van der Waals surface area contributed by atoms with Gasteiger partial charge in [0.2, 0.25) is 10.0 Å². The molecule has 0 saturated carbocycles. The highest BCUT2D eigenvalue weighted by Crippen LogP contribution is 2.32. The molecule has 1 fully saturated rings. The van der Waals surface area contributed by atoms with Crippen LogP contribution in [-0.2, 0) is 16.6 Å². The fourth-order valence-electron chi connectivity index (χ4n) is 5.17. The van der Waals surface area contributed by atoms with E-state index in [4.69, 9.17) is 4.98 Å². The lowest BCUT2D eigenvalue weighted by atomic mass is 10.1. The average molecular weight is 592 g/mol. The zero-order valence-corrected chi connectivity index (χ0v) is 25.5. The maximum Gasteiger partial charge on any atom is 0.251 e. The van der Waals surface area contributed by atoms with Gasteiger partial charge in [-0.3, -0.25) is 9.69 Å². The maximum absolute atomic E-state index is 13.2. The van der Waals surface area contributed by atoms with E-state index >= 15 is 0 Å². The fourth-order valence-corrected chi connectivity index (χ4v) is 7.80. The van der Waals surface area contributed by atoms with Gasteiger partial charge < -0.3 is 10.2 Å². The monoisotopic (exact) mass is 591 g/mol. The van der Waals surface area contributed by atoms with E-state index in [0.29, 0.717) is 25.2 Å². The van der Waals surface area contributed by atoms with E-state index in [1.807, 2.05) is 37.3 Å². The minimum Gasteiger partial charge on any atom is -0.351 e. The molecule has 2 heterocycles. The van der Waals surface area contributed by atoms with E-state index in [1.54, 1.807) is 23.5 Å². The number of anilines is 1. The number of fused-ring (bicyclic) bond motifs is 1. The van der Waals surface area contributed by atoms with Crippen molar-refractivity contribution in [2.45, 2.75) is 32.2 Å². The molecule has 0 radical (unpaired) electrons. The maximum atomic E-state index is 13.2. The van der Waals surface area contributed by atoms with Crippen molar-refractivity contribution in [3.05, 3.63) is 89.0 Å². The van der Waals surface area contributed by atoms with Gasteiger partial charge in [-0.15, -0.1) is 0 Å². The number of aryl methyl sites for hydroxylation is 2. The Morgan fingerprint density at radius 2 is 1.71 bits per heavy atom. The smallest absolute Gasteiger partial charge is 0.251 e. The van der Waals surface area contributed by atoms with Gasteiger partial charge >= 0.3 is 0 Å². The molecule has 1 amide bonds. The lowest BCUT2D eigenvalue weighted by molar-refractivity contribution is 0.0947. The first kappa shape index (κ1) is 29.2. The van der Waals surface area contributed by atoms with Gasteiger partial charge in [0, 0.05) is 57.9 Å². The number of hydrogen-bond acceptors (Lipinski definition) is 7. The highest BCUT2D eigenvalue weighted by Gasteiger charge is 2.24. The Kier molecular flexibility index (Phi) is 9.03. The third kappa shape index (κ3) is 6.78. The predicted molar refractivity (Wildman–Crippen MR) is 166 cm³/mol. The number of thiazole rings is 1. The van der Waals surface area contributed by atoms with Gasteiger partial charge in [-0.1, -0.05) is 54.7 Å². The normalized spacial score (nSPS) is 14.6. The molecule has 0 spiro atoms. The molecule has 1 aliphatic rings. The molecule has 10 heteroatoms. The summed E-state index contributed by atoms with van der Waals surface area (Å²) in [6, 6.07) is 20.1. The fraction of sp³-hybridized carbons (Fsp3) is 0.355. The van der Waals surface area contributed by atoms with Gasteiger partial charge in [0.1, 0.15) is 0 Å². The summed E-state index contributed by atoms with van der Waals surface area (Å²) in [6.07, 6.45) is 0. The molecule has 1 N–H and O–H groups in total. The summed E-state index contributed by atoms with van der Waals surface area (Å²) < 4.78 is 29.1. The van der Waals surface area contributed by atoms with Crippen molar-refractivity contribution in [3.8, 4) is 0 Å². The van der Waals surface area contributed by atoms with Crippen LogP contribution in [-0.4, -0.2) is 74.3 Å². The van der Waals surface area contributed by atoms with Crippen molar-refractivity contribution in [1.82, 2.24) is 19.5 Å². The number of nitrogens with zero attached hydrogens (tertiary/aromatic N) is 4. The van der Waals surface area contributed by atoms with Crippen LogP contribution < -0.4 is 10.2 Å². The average Bonchev–Trinajstić information content (AvgIpc) is 3.41. The van der Waals surface area contributed by atoms with E-state index in [2.05, 4.69) is 41.1 Å². The van der Waals surface area contributed by atoms with Crippen LogP contribution in [0.25, 0.3) is 10.2 Å². The standard InChI is InChI=1S/C31H37N5O3S2/c1-4-36(22-25-8-6-5-7-9-25)41(38,39)27-12-10-26(11-13-27)30(37)32-14-15-34-16-18-35(19-17-34)31-33-29-24(3)20-23(2)21-28(29)40-31/h5-13,20-21H,4,14-19,22H2,1-3H3,(H,32,37). The third-order valence-electron chi connectivity index (χ3n) is 7.48. The van der Waals surface area contributed by atoms with Crippen LogP contribution in [0, 0.1) is 13.8 Å². The predicted octanol–water partition coefficient (Wildman–Crippen LogP) is 4.68. The van der Waals surface area contributed by atoms with Gasteiger partial charge in [0.05, 0.1) is 15.1 Å². The number of benzene rings is 3. The van der Waals surface area contributed by atoms with Crippen LogP contribution in [0.5, 0.6) is 0 Å². The van der Waals surface area contributed by atoms with Crippen molar-refractivity contribution < 1.29 is 13.2 Å². The number of carbonyl (C=O) groups excluding carboxylic acids is 1. The van der Waals surface area contributed by atoms with Gasteiger partial charge in [0.15, 0.2) is 5.13 Å². The first-order valence-corrected chi connectivity index (χ1v) is 16.3. The number of nitrogens with one attached hydrogen (secondary N) is 1. The Morgan fingerprint density at radius 1 is 1.00 bits per heavy atom. The summed E-state index contributed by atoms with van der Waals surface area (Å²) in [6.45, 7) is 11.6. The van der Waals surface area contributed by atoms with E-state index in [1.165, 1.54) is 32.3 Å². The number of carbonyl (C=O) groups is 1. The first-order valence-electron chi connectivity index (χ1n) is 14.0. The van der Waals surface area contributed by atoms with Crippen molar-refractivity contribution >= 4 is 42.6 Å². The van der Waals surface area contributed by atoms with E-state index in [9.17, 15) is 13.2 Å². The molecule has 3 aromatic carbocycles. The van der Waals surface area contributed by atoms with Crippen LogP contribution >= 0.6 is 11.3 Å². The second-order valence-corrected chi connectivity index (χ2v) is 13.4. The van der Waals surface area contributed by atoms with Gasteiger partial charge in [-0.2, -0.15) is 4.31 Å². The van der Waals surface area contributed by atoms with Gasteiger partial charge in [0.25, 0.3) is 5.91 Å². The van der Waals surface area contributed by atoms with Crippen molar-refractivity contribution in [2.75, 3.05) is 50.7 Å².